The van der Waals surface area contributed by atoms with Crippen molar-refractivity contribution in [2.24, 2.45) is 0 Å². The van der Waals surface area contributed by atoms with E-state index >= 15 is 0 Å². The van der Waals surface area contributed by atoms with Crippen LogP contribution in [0.5, 0.6) is 0 Å². The van der Waals surface area contributed by atoms with Gasteiger partial charge in [0, 0.05) is 11.0 Å². The van der Waals surface area contributed by atoms with Crippen LogP contribution >= 0.6 is 23.1 Å². The zero-order valence-corrected chi connectivity index (χ0v) is 23.8. The molecule has 0 bridgehead atoms. The molecule has 3 nitrogen and oxygen atoms in total. The van der Waals surface area contributed by atoms with Crippen LogP contribution in [-0.4, -0.2) is 36.2 Å². The number of hydrogen-bond donors (Lipinski definition) is 0. The lowest BCUT2D eigenvalue weighted by molar-refractivity contribution is -0.382. The fraction of sp³-hybridized carbons (Fsp3) is 0.154. The number of alkyl halides is 9. The summed E-state index contributed by atoms with van der Waals surface area (Å²) < 4.78 is 138. The molecule has 0 aliphatic carbocycles. The molecule has 0 N–H and O–H groups in total. The summed E-state index contributed by atoms with van der Waals surface area (Å²) in [5.41, 5.74) is 0. The zero-order valence-electron chi connectivity index (χ0n) is 20.6. The van der Waals surface area contributed by atoms with Gasteiger partial charge < -0.3 is 4.55 Å². The standard InChI is InChI=1S/C22H17S3.C4HF9O3S/c1-4-10-18(11-5-1)23-21-16-17-22(24-21)25(19-12-6-2-7-13-19)20-14-8-3-9-15-20;5-1(6,3(9,10)11)2(7,8)4(12,13)17(14,15)16/h1-17H;(H,14,15,16)/q+1;/p-1. The molecule has 0 amide bonds. The van der Waals surface area contributed by atoms with Gasteiger partial charge in [0.1, 0.15) is 10.9 Å². The highest BCUT2D eigenvalue weighted by molar-refractivity contribution is 8.02. The highest BCUT2D eigenvalue weighted by atomic mass is 32.2. The van der Waals surface area contributed by atoms with E-state index in [9.17, 15) is 52.5 Å². The van der Waals surface area contributed by atoms with Crippen LogP contribution in [0.4, 0.5) is 39.5 Å². The lowest BCUT2D eigenvalue weighted by atomic mass is 10.1. The van der Waals surface area contributed by atoms with E-state index in [-0.39, 0.29) is 10.9 Å². The van der Waals surface area contributed by atoms with Crippen molar-refractivity contribution in [3.8, 4) is 0 Å². The van der Waals surface area contributed by atoms with E-state index in [4.69, 9.17) is 0 Å². The maximum absolute atomic E-state index is 12.2. The number of benzene rings is 3. The summed E-state index contributed by atoms with van der Waals surface area (Å²) in [5.74, 6) is -14.8. The van der Waals surface area contributed by atoms with Crippen molar-refractivity contribution in [3.05, 3.63) is 103 Å². The third-order valence-corrected chi connectivity index (χ3v) is 10.8. The van der Waals surface area contributed by atoms with E-state index in [1.165, 1.54) is 23.1 Å². The Morgan fingerprint density at radius 3 is 1.45 bits per heavy atom. The van der Waals surface area contributed by atoms with Crippen LogP contribution in [0.15, 0.2) is 126 Å². The molecule has 0 aliphatic heterocycles. The highest BCUT2D eigenvalue weighted by Crippen LogP contribution is 2.54. The van der Waals surface area contributed by atoms with Gasteiger partial charge in [0.25, 0.3) is 0 Å². The first kappa shape index (κ1) is 33.8. The van der Waals surface area contributed by atoms with Crippen LogP contribution < -0.4 is 0 Å². The summed E-state index contributed by atoms with van der Waals surface area (Å²) in [6.45, 7) is 0. The summed E-state index contributed by atoms with van der Waals surface area (Å²) >= 11 is 3.74. The zero-order chi connectivity index (χ0) is 31.4. The topological polar surface area (TPSA) is 57.2 Å². The Hall–Kier alpha value is -2.66. The maximum atomic E-state index is 12.2. The quantitative estimate of drug-likeness (QED) is 0.106. The number of rotatable bonds is 8. The summed E-state index contributed by atoms with van der Waals surface area (Å²) in [6.07, 6.45) is -7.16. The first-order valence-corrected chi connectivity index (χ1v) is 15.5. The Labute approximate surface area is 245 Å². The molecule has 0 saturated carbocycles. The van der Waals surface area contributed by atoms with Gasteiger partial charge in [0.05, 0.1) is 4.21 Å². The molecule has 1 aromatic heterocycles. The Morgan fingerprint density at radius 1 is 0.619 bits per heavy atom. The molecule has 0 radical (unpaired) electrons. The van der Waals surface area contributed by atoms with Crippen LogP contribution in [-0.2, 0) is 21.0 Å². The minimum Gasteiger partial charge on any atom is -0.743 e. The van der Waals surface area contributed by atoms with Crippen molar-refractivity contribution in [2.75, 3.05) is 0 Å². The second kappa shape index (κ2) is 12.9. The van der Waals surface area contributed by atoms with Gasteiger partial charge in [-0.25, -0.2) is 8.42 Å². The van der Waals surface area contributed by atoms with Gasteiger partial charge >= 0.3 is 23.3 Å². The van der Waals surface area contributed by atoms with E-state index in [0.717, 1.165) is 0 Å². The Morgan fingerprint density at radius 2 is 1.05 bits per heavy atom. The lowest BCUT2D eigenvalue weighted by Crippen LogP contribution is -2.63. The molecule has 0 aliphatic rings. The minimum absolute atomic E-state index is 0.0466. The lowest BCUT2D eigenvalue weighted by Gasteiger charge is -2.34. The second-order valence-electron chi connectivity index (χ2n) is 8.04. The van der Waals surface area contributed by atoms with Crippen LogP contribution in [0.25, 0.3) is 0 Å². The number of thiophene rings is 1. The van der Waals surface area contributed by atoms with Crippen molar-refractivity contribution < 1.29 is 52.5 Å². The van der Waals surface area contributed by atoms with Crippen molar-refractivity contribution in [3.63, 3.8) is 0 Å². The van der Waals surface area contributed by atoms with Crippen LogP contribution in [0.1, 0.15) is 0 Å². The van der Waals surface area contributed by atoms with E-state index < -0.39 is 33.4 Å². The van der Waals surface area contributed by atoms with Gasteiger partial charge in [-0.15, -0.1) is 0 Å². The van der Waals surface area contributed by atoms with Gasteiger partial charge in [0.2, 0.25) is 4.21 Å². The molecule has 0 atom stereocenters. The maximum Gasteiger partial charge on any atom is 0.460 e. The fourth-order valence-corrected chi connectivity index (χ4v) is 8.51. The van der Waals surface area contributed by atoms with Gasteiger partial charge in [0.15, 0.2) is 19.9 Å². The Kier molecular flexibility index (Phi) is 10.4. The molecule has 0 saturated heterocycles. The molecule has 42 heavy (non-hydrogen) atoms. The van der Waals surface area contributed by atoms with Crippen LogP contribution in [0.3, 0.4) is 0 Å². The van der Waals surface area contributed by atoms with E-state index in [1.807, 2.05) is 23.1 Å². The molecule has 226 valence electrons. The highest BCUT2D eigenvalue weighted by Gasteiger charge is 2.83. The minimum atomic E-state index is -7.43. The van der Waals surface area contributed by atoms with Crippen molar-refractivity contribution >= 4 is 44.1 Å². The first-order valence-electron chi connectivity index (χ1n) is 11.2. The predicted molar refractivity (Wildman–Crippen MR) is 141 cm³/mol. The normalized spacial score (nSPS) is 13.0. The van der Waals surface area contributed by atoms with E-state index in [0.29, 0.717) is 0 Å². The third-order valence-electron chi connectivity index (χ3n) is 5.11. The Balaban J connectivity index is 0.000000252. The molecule has 0 unspecified atom stereocenters. The second-order valence-corrected chi connectivity index (χ2v) is 14.2. The van der Waals surface area contributed by atoms with Crippen molar-refractivity contribution in [1.82, 2.24) is 0 Å². The fourth-order valence-electron chi connectivity index (χ4n) is 3.07. The average Bonchev–Trinajstić information content (AvgIpc) is 3.37. The van der Waals surface area contributed by atoms with Crippen LogP contribution in [0.2, 0.25) is 0 Å². The molecule has 4 aromatic rings. The summed E-state index contributed by atoms with van der Waals surface area (Å²) in [5, 5.41) is -7.11. The predicted octanol–water partition coefficient (Wildman–Crippen LogP) is 8.95. The third kappa shape index (κ3) is 7.27. The average molecular weight is 677 g/mol. The van der Waals surface area contributed by atoms with Gasteiger partial charge in [-0.3, -0.25) is 0 Å². The van der Waals surface area contributed by atoms with Gasteiger partial charge in [-0.05, 0) is 42.5 Å². The molecule has 0 fully saturated rings. The van der Waals surface area contributed by atoms with Gasteiger partial charge in [-0.1, -0.05) is 77.7 Å². The Bertz CT molecular complexity index is 1510. The van der Waals surface area contributed by atoms with E-state index in [1.54, 1.807) is 0 Å². The van der Waals surface area contributed by atoms with E-state index in [2.05, 4.69) is 103 Å². The van der Waals surface area contributed by atoms with Crippen LogP contribution in [0, 0.1) is 0 Å². The summed E-state index contributed by atoms with van der Waals surface area (Å²) in [7, 11) is -7.46. The molecule has 1 heterocycles. The molecule has 0 spiro atoms. The monoisotopic (exact) mass is 676 g/mol. The number of hydrogen-bond acceptors (Lipinski definition) is 5. The molecular weight excluding hydrogens is 660 g/mol. The molecule has 4 rings (SSSR count). The van der Waals surface area contributed by atoms with Crippen molar-refractivity contribution in [1.29, 1.82) is 0 Å². The van der Waals surface area contributed by atoms with Crippen molar-refractivity contribution in [2.45, 2.75) is 46.4 Å². The first-order chi connectivity index (χ1) is 19.4. The largest absolute Gasteiger partial charge is 0.743 e. The smallest absolute Gasteiger partial charge is 0.460 e. The molecular formula is C26H17F9O3S4. The number of halogens is 9. The molecule has 3 aromatic carbocycles. The summed E-state index contributed by atoms with van der Waals surface area (Å²) in [4.78, 5) is 4.02. The summed E-state index contributed by atoms with van der Waals surface area (Å²) in [6, 6.07) is 36.8. The molecule has 16 heteroatoms. The van der Waals surface area contributed by atoms with Gasteiger partial charge in [-0.2, -0.15) is 39.5 Å². The SMILES string of the molecule is O=S(=O)([O-])C(F)(F)C(F)(F)C(F)(F)C(F)(F)F.c1ccc(Sc2ccc([S+](c3ccccc3)c3ccccc3)s2)cc1.